The van der Waals surface area contributed by atoms with Crippen molar-refractivity contribution in [1.29, 1.82) is 0 Å². The zero-order valence-electron chi connectivity index (χ0n) is 12.9. The summed E-state index contributed by atoms with van der Waals surface area (Å²) >= 11 is 0. The molecule has 1 aromatic rings. The smallest absolute Gasteiger partial charge is 0.177 e. The maximum atomic E-state index is 11.5. The van der Waals surface area contributed by atoms with Crippen LogP contribution in [0.3, 0.4) is 0 Å². The molecule has 20 heavy (non-hydrogen) atoms. The van der Waals surface area contributed by atoms with Gasteiger partial charge in [0.2, 0.25) is 0 Å². The van der Waals surface area contributed by atoms with Gasteiger partial charge in [-0.15, -0.1) is 0 Å². The molecule has 0 radical (unpaired) electrons. The highest BCUT2D eigenvalue weighted by Gasteiger charge is 2.42. The van der Waals surface area contributed by atoms with Gasteiger partial charge in [-0.05, 0) is 29.9 Å². The zero-order valence-corrected chi connectivity index (χ0v) is 13.7. The molecule has 4 nitrogen and oxygen atoms in total. The van der Waals surface area contributed by atoms with Crippen LogP contribution in [0, 0.1) is 17.8 Å². The van der Waals surface area contributed by atoms with E-state index < -0.39 is 9.84 Å². The molecule has 112 valence electrons. The summed E-state index contributed by atoms with van der Waals surface area (Å²) < 4.78 is 22.9. The molecule has 5 heteroatoms. The molecule has 2 unspecified atom stereocenters. The van der Waals surface area contributed by atoms with Crippen molar-refractivity contribution in [3.05, 3.63) is 18.3 Å². The molecule has 1 aromatic heterocycles. The standard InChI is InChI=1S/C15H24N2O2S/c1-10(2)13-9-17(15(13)11(3)4)14-7-6-12(8-16-14)20(5,18)19/h6-8,10-11,13,15H,9H2,1-5H3. The molecule has 1 fully saturated rings. The van der Waals surface area contributed by atoms with Gasteiger partial charge in [-0.1, -0.05) is 27.7 Å². The summed E-state index contributed by atoms with van der Waals surface area (Å²) in [5.41, 5.74) is 0. The number of anilines is 1. The first-order valence-electron chi connectivity index (χ1n) is 7.14. The average molecular weight is 296 g/mol. The minimum atomic E-state index is -3.17. The Morgan fingerprint density at radius 3 is 2.25 bits per heavy atom. The predicted octanol–water partition coefficient (Wildman–Crippen LogP) is 2.60. The van der Waals surface area contributed by atoms with Crippen LogP contribution in [0.1, 0.15) is 27.7 Å². The Morgan fingerprint density at radius 1 is 1.20 bits per heavy atom. The fraction of sp³-hybridized carbons (Fsp3) is 0.667. The summed E-state index contributed by atoms with van der Waals surface area (Å²) in [5.74, 6) is 2.79. The van der Waals surface area contributed by atoms with Gasteiger partial charge in [0.05, 0.1) is 4.90 Å². The van der Waals surface area contributed by atoms with Gasteiger partial charge >= 0.3 is 0 Å². The molecular weight excluding hydrogens is 272 g/mol. The second-order valence-electron chi connectivity index (χ2n) is 6.42. The molecule has 0 bridgehead atoms. The van der Waals surface area contributed by atoms with Crippen LogP contribution in [-0.4, -0.2) is 32.2 Å². The molecule has 2 heterocycles. The molecular formula is C15H24N2O2S. The van der Waals surface area contributed by atoms with E-state index in [2.05, 4.69) is 37.6 Å². The van der Waals surface area contributed by atoms with Crippen molar-refractivity contribution in [3.63, 3.8) is 0 Å². The number of aromatic nitrogens is 1. The van der Waals surface area contributed by atoms with Gasteiger partial charge in [-0.2, -0.15) is 0 Å². The Morgan fingerprint density at radius 2 is 1.85 bits per heavy atom. The van der Waals surface area contributed by atoms with Gasteiger partial charge < -0.3 is 4.90 Å². The van der Waals surface area contributed by atoms with E-state index in [1.165, 1.54) is 12.5 Å². The van der Waals surface area contributed by atoms with Gasteiger partial charge in [-0.3, -0.25) is 0 Å². The van der Waals surface area contributed by atoms with Crippen LogP contribution in [0.4, 0.5) is 5.82 Å². The number of hydrogen-bond acceptors (Lipinski definition) is 4. The number of pyridine rings is 1. The van der Waals surface area contributed by atoms with Crippen molar-refractivity contribution in [3.8, 4) is 0 Å². The maximum Gasteiger partial charge on any atom is 0.177 e. The third-order valence-electron chi connectivity index (χ3n) is 4.19. The van der Waals surface area contributed by atoms with Crippen molar-refractivity contribution in [2.45, 2.75) is 38.6 Å². The fourth-order valence-corrected chi connectivity index (χ4v) is 3.58. The van der Waals surface area contributed by atoms with Gasteiger partial charge in [0.1, 0.15) is 5.82 Å². The normalized spacial score (nSPS) is 23.2. The van der Waals surface area contributed by atoms with Crippen LogP contribution >= 0.6 is 0 Å². The molecule has 2 rings (SSSR count). The van der Waals surface area contributed by atoms with Crippen molar-refractivity contribution in [2.75, 3.05) is 17.7 Å². The summed E-state index contributed by atoms with van der Waals surface area (Å²) in [6, 6.07) is 3.96. The number of rotatable bonds is 4. The maximum absolute atomic E-state index is 11.5. The Hall–Kier alpha value is -1.10. The van der Waals surface area contributed by atoms with E-state index in [0.29, 0.717) is 23.8 Å². The lowest BCUT2D eigenvalue weighted by Crippen LogP contribution is -2.61. The summed E-state index contributed by atoms with van der Waals surface area (Å²) in [7, 11) is -3.17. The number of nitrogens with zero attached hydrogens (tertiary/aromatic N) is 2. The lowest BCUT2D eigenvalue weighted by molar-refractivity contribution is 0.176. The van der Waals surface area contributed by atoms with Crippen LogP contribution < -0.4 is 4.90 Å². The lowest BCUT2D eigenvalue weighted by Gasteiger charge is -2.53. The molecule has 0 saturated carbocycles. The third-order valence-corrected chi connectivity index (χ3v) is 5.29. The highest BCUT2D eigenvalue weighted by molar-refractivity contribution is 7.90. The van der Waals surface area contributed by atoms with E-state index in [9.17, 15) is 8.42 Å². The van der Waals surface area contributed by atoms with E-state index >= 15 is 0 Å². The topological polar surface area (TPSA) is 50.3 Å². The molecule has 0 spiro atoms. The number of sulfone groups is 1. The lowest BCUT2D eigenvalue weighted by atomic mass is 9.75. The summed E-state index contributed by atoms with van der Waals surface area (Å²) in [6.45, 7) is 10.00. The monoisotopic (exact) mass is 296 g/mol. The summed E-state index contributed by atoms with van der Waals surface area (Å²) in [4.78, 5) is 6.91. The van der Waals surface area contributed by atoms with E-state index in [1.54, 1.807) is 6.07 Å². The Labute approximate surface area is 122 Å². The van der Waals surface area contributed by atoms with Gasteiger partial charge in [0.25, 0.3) is 0 Å². The summed E-state index contributed by atoms with van der Waals surface area (Å²) in [5, 5.41) is 0. The molecule has 0 aliphatic carbocycles. The first kappa shape index (κ1) is 15.3. The van der Waals surface area contributed by atoms with Crippen molar-refractivity contribution in [2.24, 2.45) is 17.8 Å². The van der Waals surface area contributed by atoms with Crippen LogP contribution in [0.5, 0.6) is 0 Å². The Balaban J connectivity index is 2.21. The van der Waals surface area contributed by atoms with Crippen LogP contribution in [0.2, 0.25) is 0 Å². The van der Waals surface area contributed by atoms with Crippen LogP contribution in [-0.2, 0) is 9.84 Å². The quantitative estimate of drug-likeness (QED) is 0.857. The van der Waals surface area contributed by atoms with Crippen molar-refractivity contribution >= 4 is 15.7 Å². The minimum absolute atomic E-state index is 0.281. The molecule has 1 aliphatic heterocycles. The predicted molar refractivity (Wildman–Crippen MR) is 81.6 cm³/mol. The Bertz CT molecular complexity index is 564. The van der Waals surface area contributed by atoms with E-state index in [-0.39, 0.29) is 4.90 Å². The highest BCUT2D eigenvalue weighted by atomic mass is 32.2. The Kier molecular flexibility index (Phi) is 4.09. The van der Waals surface area contributed by atoms with Gasteiger partial charge in [-0.25, -0.2) is 13.4 Å². The van der Waals surface area contributed by atoms with Crippen molar-refractivity contribution < 1.29 is 8.42 Å². The first-order valence-corrected chi connectivity index (χ1v) is 9.03. The van der Waals surface area contributed by atoms with E-state index in [4.69, 9.17) is 0 Å². The largest absolute Gasteiger partial charge is 0.353 e. The van der Waals surface area contributed by atoms with Gasteiger partial charge in [0, 0.05) is 25.0 Å². The SMILES string of the molecule is CC(C)C1CN(c2ccc(S(C)(=O)=O)cn2)C1C(C)C. The molecule has 1 saturated heterocycles. The zero-order chi connectivity index (χ0) is 15.1. The number of hydrogen-bond donors (Lipinski definition) is 0. The fourth-order valence-electron chi connectivity index (χ4n) is 3.02. The molecule has 0 amide bonds. The molecule has 0 N–H and O–H groups in total. The average Bonchev–Trinajstić information content (AvgIpc) is 2.25. The molecule has 0 aromatic carbocycles. The molecule has 1 aliphatic rings. The van der Waals surface area contributed by atoms with Crippen LogP contribution in [0.25, 0.3) is 0 Å². The van der Waals surface area contributed by atoms with E-state index in [1.807, 2.05) is 6.07 Å². The van der Waals surface area contributed by atoms with Gasteiger partial charge in [0.15, 0.2) is 9.84 Å². The minimum Gasteiger partial charge on any atom is -0.353 e. The second-order valence-corrected chi connectivity index (χ2v) is 8.43. The molecule has 2 atom stereocenters. The second kappa shape index (κ2) is 5.35. The highest BCUT2D eigenvalue weighted by Crippen LogP contribution is 2.38. The van der Waals surface area contributed by atoms with Crippen molar-refractivity contribution in [1.82, 2.24) is 4.98 Å². The summed E-state index contributed by atoms with van der Waals surface area (Å²) in [6.07, 6.45) is 2.67. The van der Waals surface area contributed by atoms with Crippen LogP contribution in [0.15, 0.2) is 23.2 Å². The first-order chi connectivity index (χ1) is 9.21. The third kappa shape index (κ3) is 2.82. The van der Waals surface area contributed by atoms with E-state index in [0.717, 1.165) is 12.4 Å².